The number of hydrogen-bond donors (Lipinski definition) is 2. The van der Waals surface area contributed by atoms with Crippen LogP contribution in [0.3, 0.4) is 0 Å². The van der Waals surface area contributed by atoms with Crippen molar-refractivity contribution in [2.75, 3.05) is 19.6 Å². The van der Waals surface area contributed by atoms with Gasteiger partial charge < -0.3 is 15.3 Å². The van der Waals surface area contributed by atoms with Gasteiger partial charge in [0.05, 0.1) is 5.41 Å². The maximum atomic E-state index is 12.4. The summed E-state index contributed by atoms with van der Waals surface area (Å²) in [5.74, 6) is -0.839. The summed E-state index contributed by atoms with van der Waals surface area (Å²) >= 11 is 0. The number of carboxylic acid groups (broad SMARTS) is 1. The molecule has 24 heavy (non-hydrogen) atoms. The molecule has 136 valence electrons. The van der Waals surface area contributed by atoms with Gasteiger partial charge in [-0.2, -0.15) is 0 Å². The average molecular weight is 338 g/mol. The van der Waals surface area contributed by atoms with Crippen LogP contribution in [0.4, 0.5) is 0 Å². The topological polar surface area (TPSA) is 86.7 Å². The minimum absolute atomic E-state index is 0.0205. The number of hydrogen-bond acceptors (Lipinski definition) is 3. The number of likely N-dealkylation sites (tertiary alicyclic amines) is 1. The number of carbonyl (C=O) groups excluding carboxylic acids is 2. The maximum absolute atomic E-state index is 12.4. The molecule has 1 heterocycles. The first-order valence-electron chi connectivity index (χ1n) is 9.27. The van der Waals surface area contributed by atoms with Crippen LogP contribution in [0, 0.1) is 11.3 Å². The lowest BCUT2D eigenvalue weighted by Gasteiger charge is -2.39. The lowest BCUT2D eigenvalue weighted by molar-refractivity contribution is -0.160. The molecule has 2 amide bonds. The van der Waals surface area contributed by atoms with Crippen molar-refractivity contribution >= 4 is 17.8 Å². The van der Waals surface area contributed by atoms with E-state index in [4.69, 9.17) is 0 Å². The van der Waals surface area contributed by atoms with Crippen molar-refractivity contribution in [3.63, 3.8) is 0 Å². The second-order valence-electron chi connectivity index (χ2n) is 7.27. The molecule has 6 heteroatoms. The summed E-state index contributed by atoms with van der Waals surface area (Å²) in [6.07, 6.45) is 6.81. The Morgan fingerprint density at radius 1 is 1.17 bits per heavy atom. The molecule has 1 saturated carbocycles. The van der Waals surface area contributed by atoms with Crippen molar-refractivity contribution in [2.24, 2.45) is 11.3 Å². The zero-order valence-electron chi connectivity index (χ0n) is 14.7. The summed E-state index contributed by atoms with van der Waals surface area (Å²) in [5.41, 5.74) is -0.829. The predicted molar refractivity (Wildman–Crippen MR) is 90.4 cm³/mol. The number of unbranched alkanes of at least 4 members (excludes halogenated alkanes) is 2. The van der Waals surface area contributed by atoms with Crippen LogP contribution in [0.25, 0.3) is 0 Å². The van der Waals surface area contributed by atoms with Crippen molar-refractivity contribution in [1.29, 1.82) is 0 Å². The number of aliphatic carboxylic acids is 1. The van der Waals surface area contributed by atoms with Crippen LogP contribution in [0.2, 0.25) is 0 Å². The fourth-order valence-electron chi connectivity index (χ4n) is 3.59. The Labute approximate surface area is 144 Å². The van der Waals surface area contributed by atoms with Crippen molar-refractivity contribution in [3.8, 4) is 0 Å². The molecule has 2 N–H and O–H groups in total. The molecule has 2 fully saturated rings. The van der Waals surface area contributed by atoms with E-state index in [1.165, 1.54) is 0 Å². The van der Waals surface area contributed by atoms with Crippen LogP contribution in [0.1, 0.15) is 64.7 Å². The summed E-state index contributed by atoms with van der Waals surface area (Å²) in [6, 6.07) is 0. The van der Waals surface area contributed by atoms with Gasteiger partial charge in [-0.05, 0) is 32.1 Å². The molecule has 2 rings (SSSR count). The van der Waals surface area contributed by atoms with Gasteiger partial charge in [-0.25, -0.2) is 0 Å². The summed E-state index contributed by atoms with van der Waals surface area (Å²) in [6.45, 7) is 3.97. The van der Waals surface area contributed by atoms with Gasteiger partial charge in [-0.1, -0.05) is 26.2 Å². The van der Waals surface area contributed by atoms with Gasteiger partial charge in [0.25, 0.3) is 0 Å². The molecule has 0 aromatic carbocycles. The number of carboxylic acids is 1. The van der Waals surface area contributed by atoms with Gasteiger partial charge in [0, 0.05) is 32.0 Å². The summed E-state index contributed by atoms with van der Waals surface area (Å²) in [7, 11) is 0. The monoisotopic (exact) mass is 338 g/mol. The Bertz CT molecular complexity index is 466. The average Bonchev–Trinajstić information content (AvgIpc) is 2.54. The SMILES string of the molecule is CCCCCNC(=O)C1CCN(C(=O)CC2(C(=O)O)CCC2)CC1. The summed E-state index contributed by atoms with van der Waals surface area (Å²) in [4.78, 5) is 37.6. The number of carbonyl (C=O) groups is 3. The van der Waals surface area contributed by atoms with Crippen molar-refractivity contribution in [3.05, 3.63) is 0 Å². The van der Waals surface area contributed by atoms with Crippen LogP contribution in [0.15, 0.2) is 0 Å². The smallest absolute Gasteiger partial charge is 0.310 e. The predicted octanol–water partition coefficient (Wildman–Crippen LogP) is 2.18. The minimum Gasteiger partial charge on any atom is -0.481 e. The highest BCUT2D eigenvalue weighted by atomic mass is 16.4. The van der Waals surface area contributed by atoms with Gasteiger partial charge in [-0.3, -0.25) is 14.4 Å². The molecule has 1 aliphatic heterocycles. The Kier molecular flexibility index (Phi) is 6.63. The van der Waals surface area contributed by atoms with Crippen LogP contribution >= 0.6 is 0 Å². The fourth-order valence-corrected chi connectivity index (χ4v) is 3.59. The Morgan fingerprint density at radius 2 is 1.83 bits per heavy atom. The lowest BCUT2D eigenvalue weighted by Crippen LogP contribution is -2.47. The quantitative estimate of drug-likeness (QED) is 0.664. The standard InChI is InChI=1S/C18H30N2O4/c1-2-3-4-10-19-16(22)14-6-11-20(12-7-14)15(21)13-18(17(23)24)8-5-9-18/h14H,2-13H2,1H3,(H,19,22)(H,23,24). The molecule has 1 saturated heterocycles. The molecule has 2 aliphatic rings. The second-order valence-corrected chi connectivity index (χ2v) is 7.27. The van der Waals surface area contributed by atoms with E-state index < -0.39 is 11.4 Å². The number of piperidine rings is 1. The Hall–Kier alpha value is -1.59. The number of nitrogens with one attached hydrogen (secondary N) is 1. The molecule has 0 bridgehead atoms. The van der Waals surface area contributed by atoms with Crippen molar-refractivity contribution in [1.82, 2.24) is 10.2 Å². The molecule has 6 nitrogen and oxygen atoms in total. The van der Waals surface area contributed by atoms with E-state index in [2.05, 4.69) is 12.2 Å². The molecular formula is C18H30N2O4. The summed E-state index contributed by atoms with van der Waals surface area (Å²) in [5, 5.41) is 12.3. The van der Waals surface area contributed by atoms with E-state index in [0.717, 1.165) is 32.2 Å². The van der Waals surface area contributed by atoms with E-state index >= 15 is 0 Å². The van der Waals surface area contributed by atoms with Gasteiger partial charge in [0.2, 0.25) is 11.8 Å². The van der Waals surface area contributed by atoms with Crippen LogP contribution in [0.5, 0.6) is 0 Å². The second kappa shape index (κ2) is 8.49. The third-order valence-electron chi connectivity index (χ3n) is 5.55. The van der Waals surface area contributed by atoms with Gasteiger partial charge in [0.1, 0.15) is 0 Å². The highest BCUT2D eigenvalue weighted by Gasteiger charge is 2.46. The molecule has 0 unspecified atom stereocenters. The summed E-state index contributed by atoms with van der Waals surface area (Å²) < 4.78 is 0. The third kappa shape index (κ3) is 4.48. The van der Waals surface area contributed by atoms with Crippen LogP contribution < -0.4 is 5.32 Å². The maximum Gasteiger partial charge on any atom is 0.310 e. The van der Waals surface area contributed by atoms with Gasteiger partial charge in [0.15, 0.2) is 0 Å². The van der Waals surface area contributed by atoms with Crippen LogP contribution in [-0.4, -0.2) is 47.4 Å². The number of amides is 2. The third-order valence-corrected chi connectivity index (χ3v) is 5.55. The first kappa shape index (κ1) is 18.7. The van der Waals surface area contributed by atoms with Gasteiger partial charge >= 0.3 is 5.97 Å². The minimum atomic E-state index is -0.844. The highest BCUT2D eigenvalue weighted by molar-refractivity contribution is 5.86. The van der Waals surface area contributed by atoms with E-state index in [-0.39, 0.29) is 24.2 Å². The molecular weight excluding hydrogens is 308 g/mol. The molecule has 0 radical (unpaired) electrons. The molecule has 1 aliphatic carbocycles. The van der Waals surface area contributed by atoms with E-state index in [1.807, 2.05) is 0 Å². The van der Waals surface area contributed by atoms with Crippen LogP contribution in [-0.2, 0) is 14.4 Å². The molecule has 0 atom stereocenters. The molecule has 0 aromatic rings. The molecule has 0 spiro atoms. The fraction of sp³-hybridized carbons (Fsp3) is 0.833. The van der Waals surface area contributed by atoms with E-state index in [0.29, 0.717) is 38.8 Å². The lowest BCUT2D eigenvalue weighted by atomic mass is 9.66. The highest BCUT2D eigenvalue weighted by Crippen LogP contribution is 2.44. The van der Waals surface area contributed by atoms with Crippen molar-refractivity contribution < 1.29 is 19.5 Å². The largest absolute Gasteiger partial charge is 0.481 e. The number of nitrogens with zero attached hydrogens (tertiary/aromatic N) is 1. The molecule has 0 aromatic heterocycles. The first-order valence-corrected chi connectivity index (χ1v) is 9.27. The van der Waals surface area contributed by atoms with E-state index in [1.54, 1.807) is 4.90 Å². The Balaban J connectivity index is 1.73. The first-order chi connectivity index (χ1) is 11.5. The van der Waals surface area contributed by atoms with Crippen molar-refractivity contribution in [2.45, 2.75) is 64.7 Å². The van der Waals surface area contributed by atoms with E-state index in [9.17, 15) is 19.5 Å². The normalized spacial score (nSPS) is 20.3. The Morgan fingerprint density at radius 3 is 2.33 bits per heavy atom. The van der Waals surface area contributed by atoms with Gasteiger partial charge in [-0.15, -0.1) is 0 Å². The zero-order chi connectivity index (χ0) is 17.6. The zero-order valence-corrected chi connectivity index (χ0v) is 14.7. The number of rotatable bonds is 8.